The summed E-state index contributed by atoms with van der Waals surface area (Å²) in [7, 11) is 0. The van der Waals surface area contributed by atoms with Crippen molar-refractivity contribution in [2.75, 3.05) is 6.61 Å². The van der Waals surface area contributed by atoms with E-state index in [1.807, 2.05) is 6.92 Å². The Bertz CT molecular complexity index is 303. The van der Waals surface area contributed by atoms with Crippen LogP contribution in [0.2, 0.25) is 0 Å². The quantitative estimate of drug-likeness (QED) is 0.561. The van der Waals surface area contributed by atoms with Gasteiger partial charge in [0.1, 0.15) is 6.04 Å². The van der Waals surface area contributed by atoms with E-state index in [0.717, 1.165) is 19.3 Å². The van der Waals surface area contributed by atoms with Crippen molar-refractivity contribution in [3.05, 3.63) is 0 Å². The van der Waals surface area contributed by atoms with Crippen molar-refractivity contribution in [3.63, 3.8) is 0 Å². The fourth-order valence-electron chi connectivity index (χ4n) is 2.61. The minimum absolute atomic E-state index is 0.0361. The van der Waals surface area contributed by atoms with Gasteiger partial charge in [-0.2, -0.15) is 0 Å². The first-order valence-electron chi connectivity index (χ1n) is 6.99. The normalized spacial score (nSPS) is 27.1. The summed E-state index contributed by atoms with van der Waals surface area (Å²) >= 11 is 0. The predicted molar refractivity (Wildman–Crippen MR) is 70.0 cm³/mol. The lowest BCUT2D eigenvalue weighted by Crippen LogP contribution is -2.43. The Balaban J connectivity index is 2.58. The van der Waals surface area contributed by atoms with Crippen molar-refractivity contribution in [2.45, 2.75) is 65.3 Å². The summed E-state index contributed by atoms with van der Waals surface area (Å²) in [4.78, 5) is 23.4. The average Bonchev–Trinajstić information content (AvgIpc) is 2.61. The van der Waals surface area contributed by atoms with E-state index in [9.17, 15) is 9.59 Å². The Morgan fingerprint density at radius 1 is 1.39 bits per heavy atom. The molecule has 0 bridgehead atoms. The van der Waals surface area contributed by atoms with E-state index in [-0.39, 0.29) is 17.3 Å². The Kier molecular flexibility index (Phi) is 5.63. The fraction of sp³-hybridized carbons (Fsp3) is 0.857. The van der Waals surface area contributed by atoms with Gasteiger partial charge >= 0.3 is 5.97 Å². The standard InChI is InChI=1S/C14H25NO3/c1-4-6-7-8-9-14(3)10-11(16)15-12(14)13(17)18-5-2/h12H,4-10H2,1-3H3,(H,15,16). The van der Waals surface area contributed by atoms with Crippen LogP contribution >= 0.6 is 0 Å². The summed E-state index contributed by atoms with van der Waals surface area (Å²) in [6.07, 6.45) is 5.96. The molecule has 1 fully saturated rings. The second-order valence-electron chi connectivity index (χ2n) is 5.39. The van der Waals surface area contributed by atoms with Gasteiger partial charge in [-0.05, 0) is 13.3 Å². The Labute approximate surface area is 109 Å². The van der Waals surface area contributed by atoms with Crippen LogP contribution in [0.1, 0.15) is 59.3 Å². The molecule has 1 heterocycles. The van der Waals surface area contributed by atoms with Gasteiger partial charge < -0.3 is 10.1 Å². The van der Waals surface area contributed by atoms with Crippen molar-refractivity contribution >= 4 is 11.9 Å². The average molecular weight is 255 g/mol. The van der Waals surface area contributed by atoms with Gasteiger partial charge in [0, 0.05) is 11.8 Å². The fourth-order valence-corrected chi connectivity index (χ4v) is 2.61. The van der Waals surface area contributed by atoms with Crippen LogP contribution in [0, 0.1) is 5.41 Å². The lowest BCUT2D eigenvalue weighted by atomic mass is 9.78. The number of hydrogen-bond acceptors (Lipinski definition) is 3. The number of rotatable bonds is 7. The van der Waals surface area contributed by atoms with E-state index in [1.54, 1.807) is 6.92 Å². The van der Waals surface area contributed by atoms with Crippen LogP contribution in [0.15, 0.2) is 0 Å². The first kappa shape index (κ1) is 15.0. The van der Waals surface area contributed by atoms with Crippen molar-refractivity contribution in [1.82, 2.24) is 5.32 Å². The van der Waals surface area contributed by atoms with Crippen molar-refractivity contribution in [2.24, 2.45) is 5.41 Å². The molecular formula is C14H25NO3. The molecule has 1 amide bonds. The van der Waals surface area contributed by atoms with E-state index >= 15 is 0 Å². The third kappa shape index (κ3) is 3.72. The summed E-state index contributed by atoms with van der Waals surface area (Å²) in [5.74, 6) is -0.326. The number of carbonyl (C=O) groups excluding carboxylic acids is 2. The van der Waals surface area contributed by atoms with Gasteiger partial charge in [-0.1, -0.05) is 39.5 Å². The zero-order chi connectivity index (χ0) is 13.6. The van der Waals surface area contributed by atoms with Crippen molar-refractivity contribution in [1.29, 1.82) is 0 Å². The Morgan fingerprint density at radius 2 is 2.11 bits per heavy atom. The summed E-state index contributed by atoms with van der Waals surface area (Å²) in [5.41, 5.74) is -0.281. The van der Waals surface area contributed by atoms with Gasteiger partial charge in [0.2, 0.25) is 5.91 Å². The molecule has 104 valence electrons. The van der Waals surface area contributed by atoms with Gasteiger partial charge in [0.15, 0.2) is 0 Å². The van der Waals surface area contributed by atoms with E-state index in [2.05, 4.69) is 12.2 Å². The van der Waals surface area contributed by atoms with Gasteiger partial charge in [-0.15, -0.1) is 0 Å². The molecule has 0 radical (unpaired) electrons. The molecule has 1 aliphatic heterocycles. The zero-order valence-corrected chi connectivity index (χ0v) is 11.8. The van der Waals surface area contributed by atoms with Crippen LogP contribution in [0.4, 0.5) is 0 Å². The van der Waals surface area contributed by atoms with Crippen LogP contribution in [0.25, 0.3) is 0 Å². The lowest BCUT2D eigenvalue weighted by Gasteiger charge is -2.28. The third-order valence-corrected chi connectivity index (χ3v) is 3.69. The molecule has 2 unspecified atom stereocenters. The molecule has 1 rings (SSSR count). The van der Waals surface area contributed by atoms with Gasteiger partial charge in [-0.25, -0.2) is 4.79 Å². The Hall–Kier alpha value is -1.06. The van der Waals surface area contributed by atoms with Crippen molar-refractivity contribution < 1.29 is 14.3 Å². The number of unbranched alkanes of at least 4 members (excludes halogenated alkanes) is 3. The summed E-state index contributed by atoms with van der Waals surface area (Å²) in [5, 5.41) is 2.76. The zero-order valence-electron chi connectivity index (χ0n) is 11.8. The highest BCUT2D eigenvalue weighted by molar-refractivity contribution is 5.89. The minimum Gasteiger partial charge on any atom is -0.464 e. The van der Waals surface area contributed by atoms with Crippen LogP contribution in [-0.2, 0) is 14.3 Å². The molecule has 0 aromatic carbocycles. The molecule has 4 heteroatoms. The van der Waals surface area contributed by atoms with Crippen LogP contribution in [-0.4, -0.2) is 24.5 Å². The van der Waals surface area contributed by atoms with Crippen molar-refractivity contribution in [3.8, 4) is 0 Å². The maximum Gasteiger partial charge on any atom is 0.329 e. The SMILES string of the molecule is CCCCCCC1(C)CC(=O)NC1C(=O)OCC. The van der Waals surface area contributed by atoms with E-state index in [4.69, 9.17) is 4.74 Å². The van der Waals surface area contributed by atoms with Crippen LogP contribution in [0.3, 0.4) is 0 Å². The molecule has 0 saturated carbocycles. The maximum atomic E-state index is 11.9. The maximum absolute atomic E-state index is 11.9. The largest absolute Gasteiger partial charge is 0.464 e. The second kappa shape index (κ2) is 6.76. The molecular weight excluding hydrogens is 230 g/mol. The number of hydrogen-bond donors (Lipinski definition) is 1. The highest BCUT2D eigenvalue weighted by atomic mass is 16.5. The first-order valence-corrected chi connectivity index (χ1v) is 6.99. The number of nitrogens with one attached hydrogen (secondary N) is 1. The molecule has 0 aromatic heterocycles. The molecule has 18 heavy (non-hydrogen) atoms. The van der Waals surface area contributed by atoms with Crippen LogP contribution < -0.4 is 5.32 Å². The van der Waals surface area contributed by atoms with Gasteiger partial charge in [0.05, 0.1) is 6.61 Å². The molecule has 0 aromatic rings. The smallest absolute Gasteiger partial charge is 0.329 e. The van der Waals surface area contributed by atoms with Gasteiger partial charge in [0.25, 0.3) is 0 Å². The first-order chi connectivity index (χ1) is 8.53. The number of carbonyl (C=O) groups is 2. The monoisotopic (exact) mass is 255 g/mol. The van der Waals surface area contributed by atoms with Gasteiger partial charge in [-0.3, -0.25) is 4.79 Å². The highest BCUT2D eigenvalue weighted by Gasteiger charge is 2.47. The number of amides is 1. The number of esters is 1. The molecule has 0 spiro atoms. The van der Waals surface area contributed by atoms with Crippen LogP contribution in [0.5, 0.6) is 0 Å². The number of ether oxygens (including phenoxy) is 1. The molecule has 2 atom stereocenters. The van der Waals surface area contributed by atoms with E-state index in [0.29, 0.717) is 13.0 Å². The summed E-state index contributed by atoms with van der Waals surface area (Å²) < 4.78 is 5.04. The minimum atomic E-state index is -0.466. The molecule has 1 aliphatic rings. The molecule has 1 saturated heterocycles. The third-order valence-electron chi connectivity index (χ3n) is 3.69. The second-order valence-corrected chi connectivity index (χ2v) is 5.39. The summed E-state index contributed by atoms with van der Waals surface area (Å²) in [6, 6.07) is -0.466. The Morgan fingerprint density at radius 3 is 2.72 bits per heavy atom. The van der Waals surface area contributed by atoms with E-state index in [1.165, 1.54) is 12.8 Å². The van der Waals surface area contributed by atoms with E-state index < -0.39 is 6.04 Å². The molecule has 0 aliphatic carbocycles. The lowest BCUT2D eigenvalue weighted by molar-refractivity contribution is -0.148. The summed E-state index contributed by atoms with van der Waals surface area (Å²) in [6.45, 7) is 6.33. The predicted octanol–water partition coefficient (Wildman–Crippen LogP) is 2.41. The topological polar surface area (TPSA) is 55.4 Å². The molecule has 4 nitrogen and oxygen atoms in total. The molecule has 1 N–H and O–H groups in total. The highest BCUT2D eigenvalue weighted by Crippen LogP contribution is 2.37.